The number of carbonyl (C=O) groups is 1. The lowest BCUT2D eigenvalue weighted by Crippen LogP contribution is -2.52. The van der Waals surface area contributed by atoms with Crippen LogP contribution in [0, 0.1) is 5.41 Å². The fraction of sp³-hybridized carbons (Fsp3) is 0.562. The van der Waals surface area contributed by atoms with Gasteiger partial charge in [0.05, 0.1) is 4.90 Å². The topological polar surface area (TPSA) is 87.3 Å². The Morgan fingerprint density at radius 3 is 2.52 bits per heavy atom. The second-order valence-corrected chi connectivity index (χ2v) is 8.42. The summed E-state index contributed by atoms with van der Waals surface area (Å²) in [6.07, 6.45) is 2.19. The maximum Gasteiger partial charge on any atom is 0.240 e. The monoisotopic (exact) mass is 339 g/mol. The molecule has 1 aliphatic heterocycles. The molecule has 1 aromatic rings. The van der Waals surface area contributed by atoms with Crippen LogP contribution in [0.15, 0.2) is 29.2 Å². The van der Waals surface area contributed by atoms with Gasteiger partial charge in [0.2, 0.25) is 15.9 Å². The molecule has 7 heteroatoms. The van der Waals surface area contributed by atoms with Gasteiger partial charge in [-0.15, -0.1) is 0 Å². The van der Waals surface area contributed by atoms with Crippen LogP contribution in [0.2, 0.25) is 0 Å². The Balaban J connectivity index is 2.02. The summed E-state index contributed by atoms with van der Waals surface area (Å²) < 4.78 is 27.5. The molecule has 23 heavy (non-hydrogen) atoms. The van der Waals surface area contributed by atoms with Gasteiger partial charge in [0.1, 0.15) is 0 Å². The summed E-state index contributed by atoms with van der Waals surface area (Å²) in [4.78, 5) is 11.2. The Morgan fingerprint density at radius 1 is 1.30 bits per heavy atom. The molecule has 128 valence electrons. The van der Waals surface area contributed by atoms with Crippen LogP contribution >= 0.6 is 0 Å². The van der Waals surface area contributed by atoms with E-state index in [4.69, 9.17) is 0 Å². The number of anilines is 1. The zero-order valence-corrected chi connectivity index (χ0v) is 14.7. The van der Waals surface area contributed by atoms with Gasteiger partial charge in [-0.25, -0.2) is 13.1 Å². The minimum atomic E-state index is -3.56. The van der Waals surface area contributed by atoms with E-state index in [1.165, 1.54) is 19.1 Å². The fourth-order valence-electron chi connectivity index (χ4n) is 2.82. The number of rotatable bonds is 5. The molecule has 3 N–H and O–H groups in total. The maximum atomic E-state index is 12.4. The van der Waals surface area contributed by atoms with Gasteiger partial charge >= 0.3 is 0 Å². The number of nitrogens with one attached hydrogen (secondary N) is 3. The molecule has 0 spiro atoms. The van der Waals surface area contributed by atoms with Crippen molar-refractivity contribution in [3.8, 4) is 0 Å². The van der Waals surface area contributed by atoms with Crippen molar-refractivity contribution >= 4 is 21.6 Å². The molecule has 1 atom stereocenters. The van der Waals surface area contributed by atoms with Crippen molar-refractivity contribution in [3.63, 3.8) is 0 Å². The minimum absolute atomic E-state index is 0.0655. The van der Waals surface area contributed by atoms with Gasteiger partial charge in [-0.05, 0) is 49.1 Å². The molecule has 0 aliphatic carbocycles. The number of hydrogen-bond donors (Lipinski definition) is 3. The van der Waals surface area contributed by atoms with Crippen molar-refractivity contribution < 1.29 is 13.2 Å². The van der Waals surface area contributed by atoms with Crippen LogP contribution < -0.4 is 15.4 Å². The standard InChI is InChI=1S/C16H25N3O3S/c1-12(20)19-13-5-7-14(8-6-13)23(21,22)18-11-15-16(2,3)9-4-10-17-15/h5-8,15,17-18H,4,9-11H2,1-3H3,(H,19,20). The van der Waals surface area contributed by atoms with Gasteiger partial charge < -0.3 is 10.6 Å². The van der Waals surface area contributed by atoms with Crippen molar-refractivity contribution in [2.24, 2.45) is 5.41 Å². The first-order valence-corrected chi connectivity index (χ1v) is 9.30. The summed E-state index contributed by atoms with van der Waals surface area (Å²) in [5.41, 5.74) is 0.641. The van der Waals surface area contributed by atoms with E-state index >= 15 is 0 Å². The van der Waals surface area contributed by atoms with Crippen molar-refractivity contribution in [1.29, 1.82) is 0 Å². The molecule has 0 saturated carbocycles. The average Bonchev–Trinajstić information content (AvgIpc) is 2.45. The summed E-state index contributed by atoms with van der Waals surface area (Å²) in [5, 5.41) is 6.00. The van der Waals surface area contributed by atoms with Gasteiger partial charge in [-0.3, -0.25) is 4.79 Å². The molecule has 2 rings (SSSR count). The molecular formula is C16H25N3O3S. The summed E-state index contributed by atoms with van der Waals surface area (Å²) in [5.74, 6) is -0.190. The fourth-order valence-corrected chi connectivity index (χ4v) is 3.86. The number of amides is 1. The van der Waals surface area contributed by atoms with Crippen molar-refractivity contribution in [1.82, 2.24) is 10.0 Å². The highest BCUT2D eigenvalue weighted by Gasteiger charge is 2.32. The first-order chi connectivity index (χ1) is 10.7. The van der Waals surface area contributed by atoms with Crippen molar-refractivity contribution in [2.75, 3.05) is 18.4 Å². The van der Waals surface area contributed by atoms with Crippen LogP contribution in [0.1, 0.15) is 33.6 Å². The number of benzene rings is 1. The number of sulfonamides is 1. The zero-order chi connectivity index (χ0) is 17.1. The molecule has 0 radical (unpaired) electrons. The second-order valence-electron chi connectivity index (χ2n) is 6.66. The molecule has 1 heterocycles. The smallest absolute Gasteiger partial charge is 0.240 e. The largest absolute Gasteiger partial charge is 0.326 e. The molecule has 1 aromatic carbocycles. The van der Waals surface area contributed by atoms with E-state index in [2.05, 4.69) is 29.2 Å². The van der Waals surface area contributed by atoms with E-state index in [1.807, 2.05) is 0 Å². The van der Waals surface area contributed by atoms with E-state index in [0.29, 0.717) is 12.2 Å². The third-order valence-corrected chi connectivity index (χ3v) is 5.73. The second kappa shape index (κ2) is 6.98. The SMILES string of the molecule is CC(=O)Nc1ccc(S(=O)(=O)NCC2NCCCC2(C)C)cc1. The van der Waals surface area contributed by atoms with E-state index in [9.17, 15) is 13.2 Å². The Kier molecular flexibility index (Phi) is 5.44. The average molecular weight is 339 g/mol. The quantitative estimate of drug-likeness (QED) is 0.762. The highest BCUT2D eigenvalue weighted by Crippen LogP contribution is 2.29. The summed E-state index contributed by atoms with van der Waals surface area (Å²) in [6, 6.07) is 6.27. The zero-order valence-electron chi connectivity index (χ0n) is 13.8. The van der Waals surface area contributed by atoms with E-state index < -0.39 is 10.0 Å². The molecule has 1 saturated heterocycles. The summed E-state index contributed by atoms with van der Waals surface area (Å²) >= 11 is 0. The Hall–Kier alpha value is -1.44. The lowest BCUT2D eigenvalue weighted by molar-refractivity contribution is -0.114. The highest BCUT2D eigenvalue weighted by molar-refractivity contribution is 7.89. The molecule has 1 fully saturated rings. The first-order valence-electron chi connectivity index (χ1n) is 7.81. The van der Waals surface area contributed by atoms with Crippen LogP contribution in [0.5, 0.6) is 0 Å². The summed E-state index contributed by atoms with van der Waals surface area (Å²) in [7, 11) is -3.56. The van der Waals surface area contributed by atoms with Crippen LogP contribution in [0.4, 0.5) is 5.69 Å². The number of piperidine rings is 1. The van der Waals surface area contributed by atoms with Crippen molar-refractivity contribution in [2.45, 2.75) is 44.6 Å². The van der Waals surface area contributed by atoms with Gasteiger partial charge in [0, 0.05) is 25.2 Å². The molecule has 0 aromatic heterocycles. The first kappa shape index (κ1) is 17.9. The van der Waals surface area contributed by atoms with E-state index in [-0.39, 0.29) is 22.3 Å². The molecule has 0 bridgehead atoms. The van der Waals surface area contributed by atoms with E-state index in [0.717, 1.165) is 19.4 Å². The lowest BCUT2D eigenvalue weighted by atomic mass is 9.78. The van der Waals surface area contributed by atoms with Crippen LogP contribution in [-0.2, 0) is 14.8 Å². The Labute approximate surface area is 138 Å². The number of hydrogen-bond acceptors (Lipinski definition) is 4. The van der Waals surface area contributed by atoms with Crippen LogP contribution in [-0.4, -0.2) is 33.5 Å². The molecule has 1 aliphatic rings. The highest BCUT2D eigenvalue weighted by atomic mass is 32.2. The third kappa shape index (κ3) is 4.76. The predicted molar refractivity (Wildman–Crippen MR) is 90.7 cm³/mol. The van der Waals surface area contributed by atoms with Gasteiger partial charge in [0.25, 0.3) is 0 Å². The normalized spacial score (nSPS) is 20.9. The Bertz CT molecular complexity index is 654. The van der Waals surface area contributed by atoms with Crippen LogP contribution in [0.3, 0.4) is 0 Å². The molecule has 1 amide bonds. The maximum absolute atomic E-state index is 12.4. The van der Waals surface area contributed by atoms with Crippen LogP contribution in [0.25, 0.3) is 0 Å². The lowest BCUT2D eigenvalue weighted by Gasteiger charge is -2.39. The summed E-state index contributed by atoms with van der Waals surface area (Å²) in [6.45, 7) is 7.00. The van der Waals surface area contributed by atoms with E-state index in [1.54, 1.807) is 12.1 Å². The minimum Gasteiger partial charge on any atom is -0.326 e. The number of carbonyl (C=O) groups excluding carboxylic acids is 1. The molecule has 1 unspecified atom stereocenters. The van der Waals surface area contributed by atoms with Gasteiger partial charge in [-0.1, -0.05) is 13.8 Å². The van der Waals surface area contributed by atoms with Gasteiger partial charge in [-0.2, -0.15) is 0 Å². The Morgan fingerprint density at radius 2 is 1.96 bits per heavy atom. The molecule has 6 nitrogen and oxygen atoms in total. The third-order valence-electron chi connectivity index (χ3n) is 4.29. The molecular weight excluding hydrogens is 314 g/mol. The van der Waals surface area contributed by atoms with Gasteiger partial charge in [0.15, 0.2) is 0 Å². The predicted octanol–water partition coefficient (Wildman–Crippen LogP) is 1.70. The van der Waals surface area contributed by atoms with Crippen molar-refractivity contribution in [3.05, 3.63) is 24.3 Å².